The van der Waals surface area contributed by atoms with Crippen LogP contribution in [0.3, 0.4) is 0 Å². The molecule has 1 aliphatic heterocycles. The second-order valence-electron chi connectivity index (χ2n) is 5.62. The summed E-state index contributed by atoms with van der Waals surface area (Å²) in [6.07, 6.45) is 1.86. The van der Waals surface area contributed by atoms with Crippen LogP contribution in [0.15, 0.2) is 36.5 Å². The van der Waals surface area contributed by atoms with Gasteiger partial charge in [0.05, 0.1) is 13.2 Å². The Kier molecular flexibility index (Phi) is 3.62. The number of morpholine rings is 1. The molecule has 0 amide bonds. The van der Waals surface area contributed by atoms with Gasteiger partial charge in [0, 0.05) is 41.8 Å². The summed E-state index contributed by atoms with van der Waals surface area (Å²) in [7, 11) is 0. The van der Waals surface area contributed by atoms with Crippen molar-refractivity contribution in [1.82, 2.24) is 15.0 Å². The molecule has 3 heterocycles. The van der Waals surface area contributed by atoms with Crippen molar-refractivity contribution in [3.63, 3.8) is 0 Å². The van der Waals surface area contributed by atoms with Gasteiger partial charge in [0.15, 0.2) is 11.5 Å². The first-order valence-electron chi connectivity index (χ1n) is 7.73. The number of anilines is 1. The Hall–Kier alpha value is -2.93. The van der Waals surface area contributed by atoms with Gasteiger partial charge in [0.2, 0.25) is 0 Å². The molecule has 24 heavy (non-hydrogen) atoms. The number of ether oxygens (including phenoxy) is 1. The normalized spacial score (nSPS) is 14.9. The predicted molar refractivity (Wildman–Crippen MR) is 89.3 cm³/mol. The molecular formula is C17H16N4O3. The zero-order chi connectivity index (χ0) is 16.5. The van der Waals surface area contributed by atoms with E-state index < -0.39 is 5.97 Å². The molecule has 7 nitrogen and oxygen atoms in total. The van der Waals surface area contributed by atoms with Gasteiger partial charge in [-0.15, -0.1) is 0 Å². The monoisotopic (exact) mass is 324 g/mol. The Labute approximate surface area is 137 Å². The highest BCUT2D eigenvalue weighted by atomic mass is 16.5. The Morgan fingerprint density at radius 3 is 2.79 bits per heavy atom. The second-order valence-corrected chi connectivity index (χ2v) is 5.62. The number of nitrogens with zero attached hydrogens (tertiary/aromatic N) is 3. The van der Waals surface area contributed by atoms with Crippen molar-refractivity contribution in [3.8, 4) is 11.4 Å². The van der Waals surface area contributed by atoms with E-state index in [0.717, 1.165) is 16.5 Å². The van der Waals surface area contributed by atoms with Crippen molar-refractivity contribution in [2.45, 2.75) is 0 Å². The van der Waals surface area contributed by atoms with E-state index in [1.807, 2.05) is 35.4 Å². The minimum absolute atomic E-state index is 0.00402. The first-order chi connectivity index (χ1) is 11.7. The van der Waals surface area contributed by atoms with Gasteiger partial charge in [-0.1, -0.05) is 0 Å². The van der Waals surface area contributed by atoms with Gasteiger partial charge in [-0.2, -0.15) is 0 Å². The third-order valence-corrected chi connectivity index (χ3v) is 4.08. The minimum Gasteiger partial charge on any atom is -0.477 e. The van der Waals surface area contributed by atoms with Crippen LogP contribution in [0.2, 0.25) is 0 Å². The van der Waals surface area contributed by atoms with Gasteiger partial charge in [-0.3, -0.25) is 0 Å². The summed E-state index contributed by atoms with van der Waals surface area (Å²) in [5.41, 5.74) is 1.80. The van der Waals surface area contributed by atoms with Crippen molar-refractivity contribution in [2.24, 2.45) is 0 Å². The Balaban J connectivity index is 1.80. The molecule has 0 aliphatic carbocycles. The molecule has 0 radical (unpaired) electrons. The average Bonchev–Trinajstić information content (AvgIpc) is 3.09. The molecule has 1 aliphatic rings. The quantitative estimate of drug-likeness (QED) is 0.767. The maximum atomic E-state index is 11.5. The molecule has 1 saturated heterocycles. The molecule has 0 spiro atoms. The molecule has 0 unspecified atom stereocenters. The molecule has 4 rings (SSSR count). The number of benzene rings is 1. The van der Waals surface area contributed by atoms with Crippen LogP contribution in [0.25, 0.3) is 22.3 Å². The first kappa shape index (κ1) is 14.6. The van der Waals surface area contributed by atoms with Crippen LogP contribution in [-0.4, -0.2) is 52.3 Å². The second kappa shape index (κ2) is 5.93. The Morgan fingerprint density at radius 2 is 2.00 bits per heavy atom. The lowest BCUT2D eigenvalue weighted by molar-refractivity contribution is 0.0690. The van der Waals surface area contributed by atoms with Crippen LogP contribution in [-0.2, 0) is 4.74 Å². The summed E-state index contributed by atoms with van der Waals surface area (Å²) in [5.74, 6) is -0.0229. The molecule has 2 N–H and O–H groups in total. The van der Waals surface area contributed by atoms with E-state index in [-0.39, 0.29) is 5.69 Å². The Bertz CT molecular complexity index is 900. The summed E-state index contributed by atoms with van der Waals surface area (Å²) >= 11 is 0. The number of aromatic carboxylic acids is 1. The van der Waals surface area contributed by atoms with E-state index in [4.69, 9.17) is 4.74 Å². The largest absolute Gasteiger partial charge is 0.477 e. The van der Waals surface area contributed by atoms with Crippen LogP contribution in [0, 0.1) is 0 Å². The molecule has 2 aromatic heterocycles. The molecule has 7 heteroatoms. The Morgan fingerprint density at radius 1 is 1.17 bits per heavy atom. The molecule has 1 fully saturated rings. The summed E-state index contributed by atoms with van der Waals surface area (Å²) in [6.45, 7) is 2.59. The highest BCUT2D eigenvalue weighted by molar-refractivity contribution is 5.88. The van der Waals surface area contributed by atoms with E-state index in [0.29, 0.717) is 37.9 Å². The first-order valence-corrected chi connectivity index (χ1v) is 7.73. The molecular weight excluding hydrogens is 308 g/mol. The fraction of sp³-hybridized carbons (Fsp3) is 0.235. The van der Waals surface area contributed by atoms with Gasteiger partial charge >= 0.3 is 5.97 Å². The van der Waals surface area contributed by atoms with Crippen molar-refractivity contribution >= 4 is 22.7 Å². The van der Waals surface area contributed by atoms with E-state index >= 15 is 0 Å². The number of nitrogens with one attached hydrogen (secondary N) is 1. The van der Waals surface area contributed by atoms with Crippen molar-refractivity contribution in [3.05, 3.63) is 42.2 Å². The average molecular weight is 324 g/mol. The predicted octanol–water partition coefficient (Wildman–Crippen LogP) is 2.16. The molecule has 122 valence electrons. The molecule has 0 bridgehead atoms. The lowest BCUT2D eigenvalue weighted by atomic mass is 10.1. The van der Waals surface area contributed by atoms with Gasteiger partial charge in [0.1, 0.15) is 5.82 Å². The summed E-state index contributed by atoms with van der Waals surface area (Å²) < 4.78 is 5.35. The summed E-state index contributed by atoms with van der Waals surface area (Å²) in [4.78, 5) is 25.4. The standard InChI is InChI=1S/C17H16N4O3/c22-17(23)14-10-15(21-5-7-24-8-6-21)20-16(19-14)12-1-2-13-11(9-12)3-4-18-13/h1-4,9-10,18H,5-8H2,(H,22,23). The number of hydrogen-bond acceptors (Lipinski definition) is 5. The van der Waals surface area contributed by atoms with Gasteiger partial charge in [0.25, 0.3) is 0 Å². The highest BCUT2D eigenvalue weighted by Gasteiger charge is 2.18. The minimum atomic E-state index is -1.06. The van der Waals surface area contributed by atoms with E-state index in [1.54, 1.807) is 0 Å². The smallest absolute Gasteiger partial charge is 0.354 e. The fourth-order valence-electron chi connectivity index (χ4n) is 2.82. The molecule has 3 aromatic rings. The number of rotatable bonds is 3. The number of carboxylic acid groups (broad SMARTS) is 1. The third kappa shape index (κ3) is 2.69. The fourth-order valence-corrected chi connectivity index (χ4v) is 2.82. The summed E-state index contributed by atoms with van der Waals surface area (Å²) in [5, 5.41) is 10.4. The van der Waals surface area contributed by atoms with Gasteiger partial charge < -0.3 is 19.7 Å². The molecule has 0 saturated carbocycles. The van der Waals surface area contributed by atoms with Crippen molar-refractivity contribution in [2.75, 3.05) is 31.2 Å². The zero-order valence-corrected chi connectivity index (χ0v) is 12.9. The van der Waals surface area contributed by atoms with Gasteiger partial charge in [-0.25, -0.2) is 14.8 Å². The molecule has 1 aromatic carbocycles. The maximum Gasteiger partial charge on any atom is 0.354 e. The number of carboxylic acids is 1. The van der Waals surface area contributed by atoms with Crippen LogP contribution in [0.1, 0.15) is 10.5 Å². The van der Waals surface area contributed by atoms with Crippen molar-refractivity contribution in [1.29, 1.82) is 0 Å². The number of aromatic amines is 1. The van der Waals surface area contributed by atoms with Gasteiger partial charge in [-0.05, 0) is 24.3 Å². The van der Waals surface area contributed by atoms with E-state index in [1.165, 1.54) is 6.07 Å². The zero-order valence-electron chi connectivity index (χ0n) is 12.9. The van der Waals surface area contributed by atoms with Crippen LogP contribution in [0.4, 0.5) is 5.82 Å². The van der Waals surface area contributed by atoms with E-state index in [9.17, 15) is 9.90 Å². The SMILES string of the molecule is O=C(O)c1cc(N2CCOCC2)nc(-c2ccc3[nH]ccc3c2)n1. The number of H-pyrrole nitrogens is 1. The summed E-state index contributed by atoms with van der Waals surface area (Å²) in [6, 6.07) is 9.27. The maximum absolute atomic E-state index is 11.5. The molecule has 0 atom stereocenters. The van der Waals surface area contributed by atoms with Crippen LogP contribution < -0.4 is 4.90 Å². The van der Waals surface area contributed by atoms with Crippen LogP contribution >= 0.6 is 0 Å². The van der Waals surface area contributed by atoms with Crippen molar-refractivity contribution < 1.29 is 14.6 Å². The number of aromatic nitrogens is 3. The lowest BCUT2D eigenvalue weighted by Crippen LogP contribution is -2.37. The third-order valence-electron chi connectivity index (χ3n) is 4.08. The highest BCUT2D eigenvalue weighted by Crippen LogP contribution is 2.24. The topological polar surface area (TPSA) is 91.3 Å². The lowest BCUT2D eigenvalue weighted by Gasteiger charge is -2.28. The number of carbonyl (C=O) groups is 1. The van der Waals surface area contributed by atoms with Crippen LogP contribution in [0.5, 0.6) is 0 Å². The number of fused-ring (bicyclic) bond motifs is 1. The number of hydrogen-bond donors (Lipinski definition) is 2. The van der Waals surface area contributed by atoms with E-state index in [2.05, 4.69) is 15.0 Å².